The quantitative estimate of drug-likeness (QED) is 0.804. The summed E-state index contributed by atoms with van der Waals surface area (Å²) in [6.07, 6.45) is 3.48. The molecule has 2 rings (SSSR count). The molecule has 2 aliphatic rings. The summed E-state index contributed by atoms with van der Waals surface area (Å²) in [6.45, 7) is 12.6. The van der Waals surface area contributed by atoms with Crippen LogP contribution in [0.1, 0.15) is 47.0 Å². The number of aliphatic hydroxyl groups excluding tert-OH is 1. The molecule has 0 radical (unpaired) electrons. The Balaban J connectivity index is 1.83. The van der Waals surface area contributed by atoms with Gasteiger partial charge in [-0.3, -0.25) is 0 Å². The van der Waals surface area contributed by atoms with Crippen LogP contribution < -0.4 is 5.32 Å². The van der Waals surface area contributed by atoms with E-state index in [1.807, 2.05) is 0 Å². The predicted molar refractivity (Wildman–Crippen MR) is 75.6 cm³/mol. The zero-order valence-corrected chi connectivity index (χ0v) is 12.4. The van der Waals surface area contributed by atoms with Gasteiger partial charge in [-0.25, -0.2) is 0 Å². The molecule has 0 bridgehead atoms. The predicted octanol–water partition coefficient (Wildman–Crippen LogP) is 1.86. The summed E-state index contributed by atoms with van der Waals surface area (Å²) in [6, 6.07) is 1.05. The number of nitrogens with one attached hydrogen (secondary N) is 1. The van der Waals surface area contributed by atoms with Gasteiger partial charge in [0.05, 0.1) is 6.10 Å². The van der Waals surface area contributed by atoms with E-state index in [-0.39, 0.29) is 11.5 Å². The van der Waals surface area contributed by atoms with Crippen LogP contribution in [0, 0.1) is 11.3 Å². The van der Waals surface area contributed by atoms with Gasteiger partial charge in [0.2, 0.25) is 0 Å². The van der Waals surface area contributed by atoms with Gasteiger partial charge in [0.1, 0.15) is 0 Å². The van der Waals surface area contributed by atoms with Gasteiger partial charge in [-0.2, -0.15) is 0 Å². The van der Waals surface area contributed by atoms with E-state index in [1.165, 1.54) is 32.5 Å². The number of hydrogen-bond donors (Lipinski definition) is 2. The average Bonchev–Trinajstić information content (AvgIpc) is 2.38. The summed E-state index contributed by atoms with van der Waals surface area (Å²) >= 11 is 0. The first-order chi connectivity index (χ1) is 8.45. The summed E-state index contributed by atoms with van der Waals surface area (Å²) < 4.78 is 0. The number of hydrogen-bond acceptors (Lipinski definition) is 3. The molecule has 1 aliphatic carbocycles. The molecule has 0 aromatic carbocycles. The van der Waals surface area contributed by atoms with Crippen LogP contribution in [0.25, 0.3) is 0 Å². The first kappa shape index (κ1) is 14.3. The molecular weight excluding hydrogens is 224 g/mol. The second kappa shape index (κ2) is 5.48. The molecule has 1 aliphatic heterocycles. The minimum Gasteiger partial charge on any atom is -0.392 e. The molecule has 2 N–H and O–H groups in total. The molecule has 0 aromatic heterocycles. The summed E-state index contributed by atoms with van der Waals surface area (Å²) in [5.74, 6) is 0.771. The van der Waals surface area contributed by atoms with Gasteiger partial charge < -0.3 is 15.3 Å². The van der Waals surface area contributed by atoms with E-state index in [4.69, 9.17) is 0 Å². The summed E-state index contributed by atoms with van der Waals surface area (Å²) in [5, 5.41) is 13.6. The van der Waals surface area contributed by atoms with Gasteiger partial charge in [0, 0.05) is 24.0 Å². The van der Waals surface area contributed by atoms with Crippen molar-refractivity contribution < 1.29 is 5.11 Å². The van der Waals surface area contributed by atoms with Crippen molar-refractivity contribution in [3.05, 3.63) is 0 Å². The lowest BCUT2D eigenvalue weighted by atomic mass is 9.64. The molecule has 106 valence electrons. The molecule has 3 heteroatoms. The van der Waals surface area contributed by atoms with Gasteiger partial charge in [-0.05, 0) is 45.2 Å². The van der Waals surface area contributed by atoms with Crippen LogP contribution in [-0.4, -0.2) is 47.8 Å². The van der Waals surface area contributed by atoms with E-state index in [9.17, 15) is 5.11 Å². The second-order valence-electron chi connectivity index (χ2n) is 6.88. The highest BCUT2D eigenvalue weighted by Gasteiger charge is 2.47. The van der Waals surface area contributed by atoms with Crippen molar-refractivity contribution >= 4 is 0 Å². The lowest BCUT2D eigenvalue weighted by Gasteiger charge is -2.51. The molecule has 0 aromatic rings. The van der Waals surface area contributed by atoms with E-state index < -0.39 is 0 Å². The minimum atomic E-state index is -0.124. The summed E-state index contributed by atoms with van der Waals surface area (Å²) in [5.41, 5.74) is 0.0490. The fourth-order valence-electron chi connectivity index (χ4n) is 3.43. The number of rotatable bonds is 4. The lowest BCUT2D eigenvalue weighted by molar-refractivity contribution is -0.0782. The number of piperidine rings is 1. The second-order valence-corrected chi connectivity index (χ2v) is 6.88. The standard InChI is InChI=1S/C15H30N2O/c1-5-17-8-6-7-12(10-17)11(2)16-13-9-14(18)15(13,3)4/h11-14,16,18H,5-10H2,1-4H3. The Hall–Kier alpha value is -0.120. The monoisotopic (exact) mass is 254 g/mol. The highest BCUT2D eigenvalue weighted by atomic mass is 16.3. The molecule has 1 heterocycles. The molecule has 2 fully saturated rings. The third-order valence-corrected chi connectivity index (χ3v) is 5.38. The maximum atomic E-state index is 9.80. The Bertz CT molecular complexity index is 280. The van der Waals surface area contributed by atoms with Gasteiger partial charge in [0.25, 0.3) is 0 Å². The third-order valence-electron chi connectivity index (χ3n) is 5.38. The van der Waals surface area contributed by atoms with E-state index in [2.05, 4.69) is 37.9 Å². The summed E-state index contributed by atoms with van der Waals surface area (Å²) in [4.78, 5) is 2.56. The van der Waals surface area contributed by atoms with Crippen LogP contribution in [0.2, 0.25) is 0 Å². The van der Waals surface area contributed by atoms with Gasteiger partial charge >= 0.3 is 0 Å². The van der Waals surface area contributed by atoms with E-state index in [0.717, 1.165) is 12.3 Å². The maximum Gasteiger partial charge on any atom is 0.0621 e. The van der Waals surface area contributed by atoms with Crippen molar-refractivity contribution in [1.29, 1.82) is 0 Å². The Morgan fingerprint density at radius 3 is 2.72 bits per heavy atom. The van der Waals surface area contributed by atoms with Crippen LogP contribution >= 0.6 is 0 Å². The fourth-order valence-corrected chi connectivity index (χ4v) is 3.43. The molecule has 18 heavy (non-hydrogen) atoms. The van der Waals surface area contributed by atoms with Gasteiger partial charge in [-0.1, -0.05) is 20.8 Å². The highest BCUT2D eigenvalue weighted by Crippen LogP contribution is 2.41. The number of aliphatic hydroxyl groups is 1. The smallest absolute Gasteiger partial charge is 0.0621 e. The Labute approximate surface area is 112 Å². The van der Waals surface area contributed by atoms with Crippen LogP contribution in [0.4, 0.5) is 0 Å². The molecular formula is C15H30N2O. The van der Waals surface area contributed by atoms with E-state index >= 15 is 0 Å². The minimum absolute atomic E-state index is 0.0490. The number of nitrogens with zero attached hydrogens (tertiary/aromatic N) is 1. The van der Waals surface area contributed by atoms with Gasteiger partial charge in [-0.15, -0.1) is 0 Å². The van der Waals surface area contributed by atoms with E-state index in [1.54, 1.807) is 0 Å². The van der Waals surface area contributed by atoms with Crippen LogP contribution in [0.15, 0.2) is 0 Å². The molecule has 0 amide bonds. The molecule has 4 atom stereocenters. The van der Waals surface area contributed by atoms with Crippen molar-refractivity contribution in [1.82, 2.24) is 10.2 Å². The Kier molecular flexibility index (Phi) is 4.35. The lowest BCUT2D eigenvalue weighted by Crippen LogP contribution is -2.63. The number of likely N-dealkylation sites (tertiary alicyclic amines) is 1. The third kappa shape index (κ3) is 2.73. The average molecular weight is 254 g/mol. The van der Waals surface area contributed by atoms with Crippen molar-refractivity contribution in [3.63, 3.8) is 0 Å². The summed E-state index contributed by atoms with van der Waals surface area (Å²) in [7, 11) is 0. The van der Waals surface area contributed by atoms with Crippen LogP contribution in [0.5, 0.6) is 0 Å². The molecule has 1 saturated heterocycles. The van der Waals surface area contributed by atoms with Crippen LogP contribution in [-0.2, 0) is 0 Å². The zero-order valence-electron chi connectivity index (χ0n) is 12.4. The topological polar surface area (TPSA) is 35.5 Å². The molecule has 1 saturated carbocycles. The molecule has 4 unspecified atom stereocenters. The molecule has 0 spiro atoms. The highest BCUT2D eigenvalue weighted by molar-refractivity contribution is 5.03. The van der Waals surface area contributed by atoms with Crippen molar-refractivity contribution in [3.8, 4) is 0 Å². The van der Waals surface area contributed by atoms with E-state index in [0.29, 0.717) is 12.1 Å². The Morgan fingerprint density at radius 1 is 1.44 bits per heavy atom. The Morgan fingerprint density at radius 2 is 2.17 bits per heavy atom. The maximum absolute atomic E-state index is 9.80. The first-order valence-electron chi connectivity index (χ1n) is 7.61. The largest absolute Gasteiger partial charge is 0.392 e. The van der Waals surface area contributed by atoms with Crippen molar-refractivity contribution in [2.75, 3.05) is 19.6 Å². The van der Waals surface area contributed by atoms with Crippen molar-refractivity contribution in [2.24, 2.45) is 11.3 Å². The van der Waals surface area contributed by atoms with Gasteiger partial charge in [0.15, 0.2) is 0 Å². The SMILES string of the molecule is CCN1CCCC(C(C)NC2CC(O)C2(C)C)C1. The zero-order chi connectivity index (χ0) is 13.3. The first-order valence-corrected chi connectivity index (χ1v) is 7.61. The molecule has 3 nitrogen and oxygen atoms in total. The fraction of sp³-hybridized carbons (Fsp3) is 1.00. The van der Waals surface area contributed by atoms with Crippen molar-refractivity contribution in [2.45, 2.75) is 65.1 Å². The van der Waals surface area contributed by atoms with Crippen LogP contribution in [0.3, 0.4) is 0 Å². The normalized spacial score (nSPS) is 38.2.